The van der Waals surface area contributed by atoms with Crippen LogP contribution in [0, 0.1) is 5.92 Å². The fourth-order valence-corrected chi connectivity index (χ4v) is 2.52. The molecule has 21 heavy (non-hydrogen) atoms. The molecule has 8 nitrogen and oxygen atoms in total. The number of rotatable bonds is 7. The van der Waals surface area contributed by atoms with Crippen LogP contribution in [0.1, 0.15) is 20.3 Å². The number of aromatic amines is 1. The van der Waals surface area contributed by atoms with Crippen LogP contribution in [0.4, 0.5) is 11.5 Å². The SMILES string of the molecule is CC(C)Cn1c(N)c(NCCCS(C)(=O)=O)c(=O)[nH]c1=O. The number of nitrogens with zero attached hydrogens (tertiary/aromatic N) is 1. The molecule has 0 aliphatic rings. The summed E-state index contributed by atoms with van der Waals surface area (Å²) in [4.78, 5) is 25.7. The van der Waals surface area contributed by atoms with Gasteiger partial charge in [0.15, 0.2) is 0 Å². The van der Waals surface area contributed by atoms with Gasteiger partial charge in [0.1, 0.15) is 21.3 Å². The molecule has 0 aliphatic carbocycles. The van der Waals surface area contributed by atoms with Crippen LogP contribution in [0.2, 0.25) is 0 Å². The molecule has 0 saturated carbocycles. The Labute approximate surface area is 123 Å². The van der Waals surface area contributed by atoms with Crippen molar-refractivity contribution in [3.63, 3.8) is 0 Å². The van der Waals surface area contributed by atoms with Gasteiger partial charge in [-0.15, -0.1) is 0 Å². The van der Waals surface area contributed by atoms with Crippen LogP contribution in [-0.4, -0.2) is 36.5 Å². The molecule has 1 rings (SSSR count). The van der Waals surface area contributed by atoms with Gasteiger partial charge in [0.25, 0.3) is 5.56 Å². The summed E-state index contributed by atoms with van der Waals surface area (Å²) in [6, 6.07) is 0. The van der Waals surface area contributed by atoms with Gasteiger partial charge in [0.2, 0.25) is 0 Å². The minimum Gasteiger partial charge on any atom is -0.383 e. The second kappa shape index (κ2) is 6.79. The molecule has 0 unspecified atom stereocenters. The molecule has 0 bridgehead atoms. The van der Waals surface area contributed by atoms with Gasteiger partial charge in [-0.2, -0.15) is 0 Å². The van der Waals surface area contributed by atoms with Crippen LogP contribution in [0.3, 0.4) is 0 Å². The van der Waals surface area contributed by atoms with Crippen LogP contribution in [0.25, 0.3) is 0 Å². The van der Waals surface area contributed by atoms with Crippen molar-refractivity contribution in [2.75, 3.05) is 29.6 Å². The van der Waals surface area contributed by atoms with E-state index in [0.717, 1.165) is 6.26 Å². The van der Waals surface area contributed by atoms with E-state index in [1.807, 2.05) is 13.8 Å². The van der Waals surface area contributed by atoms with Gasteiger partial charge < -0.3 is 11.1 Å². The fourth-order valence-electron chi connectivity index (χ4n) is 1.85. The molecule has 1 aromatic heterocycles. The van der Waals surface area contributed by atoms with Gasteiger partial charge in [0, 0.05) is 19.3 Å². The summed E-state index contributed by atoms with van der Waals surface area (Å²) >= 11 is 0. The number of nitrogens with two attached hydrogens (primary N) is 1. The number of anilines is 2. The number of aromatic nitrogens is 2. The summed E-state index contributed by atoms with van der Waals surface area (Å²) in [5.41, 5.74) is 4.82. The van der Waals surface area contributed by atoms with Crippen molar-refractivity contribution in [1.29, 1.82) is 0 Å². The maximum Gasteiger partial charge on any atom is 0.330 e. The third-order valence-corrected chi connectivity index (χ3v) is 3.81. The van der Waals surface area contributed by atoms with Gasteiger partial charge in [-0.1, -0.05) is 13.8 Å². The van der Waals surface area contributed by atoms with E-state index >= 15 is 0 Å². The summed E-state index contributed by atoms with van der Waals surface area (Å²) in [6.45, 7) is 4.52. The maximum absolute atomic E-state index is 11.8. The quantitative estimate of drug-likeness (QED) is 0.588. The van der Waals surface area contributed by atoms with Gasteiger partial charge in [-0.25, -0.2) is 13.2 Å². The second-order valence-electron chi connectivity index (χ2n) is 5.43. The number of hydrogen-bond acceptors (Lipinski definition) is 6. The third kappa shape index (κ3) is 5.25. The first-order valence-corrected chi connectivity index (χ1v) is 8.72. The van der Waals surface area contributed by atoms with Crippen LogP contribution in [0.5, 0.6) is 0 Å². The molecule has 9 heteroatoms. The lowest BCUT2D eigenvalue weighted by molar-refractivity contribution is 0.508. The Morgan fingerprint density at radius 3 is 2.48 bits per heavy atom. The molecule has 120 valence electrons. The van der Waals surface area contributed by atoms with Crippen molar-refractivity contribution < 1.29 is 8.42 Å². The minimum atomic E-state index is -3.04. The first-order valence-electron chi connectivity index (χ1n) is 6.66. The molecule has 0 atom stereocenters. The first-order chi connectivity index (χ1) is 9.61. The number of H-pyrrole nitrogens is 1. The Bertz CT molecular complexity index is 703. The first kappa shape index (κ1) is 17.3. The van der Waals surface area contributed by atoms with E-state index in [1.165, 1.54) is 4.57 Å². The highest BCUT2D eigenvalue weighted by atomic mass is 32.2. The van der Waals surface area contributed by atoms with Gasteiger partial charge >= 0.3 is 5.69 Å². The van der Waals surface area contributed by atoms with Crippen LogP contribution < -0.4 is 22.3 Å². The highest BCUT2D eigenvalue weighted by Crippen LogP contribution is 2.11. The Morgan fingerprint density at radius 1 is 1.33 bits per heavy atom. The minimum absolute atomic E-state index is 0.0173. The van der Waals surface area contributed by atoms with E-state index in [2.05, 4.69) is 10.3 Å². The molecule has 4 N–H and O–H groups in total. The van der Waals surface area contributed by atoms with E-state index in [0.29, 0.717) is 13.0 Å². The van der Waals surface area contributed by atoms with Crippen LogP contribution >= 0.6 is 0 Å². The summed E-state index contributed by atoms with van der Waals surface area (Å²) in [7, 11) is -3.04. The lowest BCUT2D eigenvalue weighted by Gasteiger charge is -2.15. The molecular formula is C12H22N4O4S. The predicted octanol–water partition coefficient (Wildman–Crippen LogP) is -0.379. The second-order valence-corrected chi connectivity index (χ2v) is 7.69. The maximum atomic E-state index is 11.8. The fraction of sp³-hybridized carbons (Fsp3) is 0.667. The normalized spacial score (nSPS) is 11.8. The number of hydrogen-bond donors (Lipinski definition) is 3. The Kier molecular flexibility index (Phi) is 5.59. The number of nitrogens with one attached hydrogen (secondary N) is 2. The zero-order valence-electron chi connectivity index (χ0n) is 12.5. The summed E-state index contributed by atoms with van der Waals surface area (Å²) in [5, 5.41) is 2.80. The molecule has 0 aromatic carbocycles. The largest absolute Gasteiger partial charge is 0.383 e. The Hall–Kier alpha value is -1.77. The molecule has 0 saturated heterocycles. The van der Waals surface area contributed by atoms with Crippen molar-refractivity contribution in [3.8, 4) is 0 Å². The molecule has 1 aromatic rings. The van der Waals surface area contributed by atoms with E-state index < -0.39 is 21.1 Å². The molecular weight excluding hydrogens is 296 g/mol. The van der Waals surface area contributed by atoms with Gasteiger partial charge in [-0.05, 0) is 12.3 Å². The van der Waals surface area contributed by atoms with Gasteiger partial charge in [0.05, 0.1) is 5.75 Å². The van der Waals surface area contributed by atoms with Crippen molar-refractivity contribution in [2.45, 2.75) is 26.8 Å². The standard InChI is InChI=1S/C12H22N4O4S/c1-8(2)7-16-10(13)9(11(17)15-12(16)18)14-5-4-6-21(3,19)20/h8,14H,4-7,13H2,1-3H3,(H,15,17,18). The van der Waals surface area contributed by atoms with Crippen LogP contribution in [0.15, 0.2) is 9.59 Å². The van der Waals surface area contributed by atoms with E-state index in [4.69, 9.17) is 5.73 Å². The average Bonchev–Trinajstić information content (AvgIpc) is 2.31. The van der Waals surface area contributed by atoms with E-state index in [9.17, 15) is 18.0 Å². The summed E-state index contributed by atoms with van der Waals surface area (Å²) < 4.78 is 23.4. The smallest absolute Gasteiger partial charge is 0.330 e. The summed E-state index contributed by atoms with van der Waals surface area (Å²) in [5.74, 6) is 0.273. The highest BCUT2D eigenvalue weighted by Gasteiger charge is 2.13. The zero-order chi connectivity index (χ0) is 16.2. The van der Waals surface area contributed by atoms with Gasteiger partial charge in [-0.3, -0.25) is 14.3 Å². The van der Waals surface area contributed by atoms with E-state index in [-0.39, 0.29) is 29.7 Å². The number of nitrogen functional groups attached to an aromatic ring is 1. The van der Waals surface area contributed by atoms with Crippen LogP contribution in [-0.2, 0) is 16.4 Å². The molecule has 0 radical (unpaired) electrons. The Morgan fingerprint density at radius 2 is 1.95 bits per heavy atom. The van der Waals surface area contributed by atoms with Crippen molar-refractivity contribution in [3.05, 3.63) is 20.8 Å². The lowest BCUT2D eigenvalue weighted by atomic mass is 10.2. The molecule has 0 aliphatic heterocycles. The molecule has 0 amide bonds. The zero-order valence-corrected chi connectivity index (χ0v) is 13.3. The number of sulfone groups is 1. The molecule has 0 fully saturated rings. The monoisotopic (exact) mass is 318 g/mol. The molecule has 1 heterocycles. The third-order valence-electron chi connectivity index (χ3n) is 2.78. The van der Waals surface area contributed by atoms with Crippen molar-refractivity contribution >= 4 is 21.3 Å². The lowest BCUT2D eigenvalue weighted by Crippen LogP contribution is -2.35. The van der Waals surface area contributed by atoms with Crippen molar-refractivity contribution in [2.24, 2.45) is 5.92 Å². The predicted molar refractivity (Wildman–Crippen MR) is 83.4 cm³/mol. The Balaban J connectivity index is 2.92. The van der Waals surface area contributed by atoms with Crippen molar-refractivity contribution in [1.82, 2.24) is 9.55 Å². The summed E-state index contributed by atoms with van der Waals surface area (Å²) in [6.07, 6.45) is 1.50. The highest BCUT2D eigenvalue weighted by molar-refractivity contribution is 7.90. The topological polar surface area (TPSA) is 127 Å². The molecule has 0 spiro atoms. The average molecular weight is 318 g/mol. The van der Waals surface area contributed by atoms with E-state index in [1.54, 1.807) is 0 Å².